The van der Waals surface area contributed by atoms with Crippen LogP contribution >= 0.6 is 46.7 Å². The number of halogens is 1. The molecule has 2 heterocycles. The van der Waals surface area contributed by atoms with E-state index in [0.717, 1.165) is 38.4 Å². The molecule has 4 nitrogen and oxygen atoms in total. The highest BCUT2D eigenvalue weighted by Crippen LogP contribution is 2.14. The Morgan fingerprint density at radius 3 is 2.83 bits per heavy atom. The average molecular weight is 478 g/mol. The molecule has 1 unspecified atom stereocenters. The van der Waals surface area contributed by atoms with Gasteiger partial charge in [-0.3, -0.25) is 4.99 Å². The van der Waals surface area contributed by atoms with Crippen LogP contribution in [-0.2, 0) is 12.8 Å². The number of hydrogen-bond donors (Lipinski definition) is 2. The van der Waals surface area contributed by atoms with Crippen molar-refractivity contribution in [2.24, 2.45) is 10.9 Å². The first-order chi connectivity index (χ1) is 11.2. The summed E-state index contributed by atoms with van der Waals surface area (Å²) in [7, 11) is 0. The lowest BCUT2D eigenvalue weighted by atomic mass is 10.1. The molecule has 0 bridgehead atoms. The lowest BCUT2D eigenvalue weighted by Crippen LogP contribution is -2.38. The summed E-state index contributed by atoms with van der Waals surface area (Å²) in [4.78, 5) is 11.8. The minimum Gasteiger partial charge on any atom is -0.357 e. The molecular weight excluding hydrogens is 451 g/mol. The van der Waals surface area contributed by atoms with Crippen LogP contribution in [0.4, 0.5) is 0 Å². The van der Waals surface area contributed by atoms with Crippen molar-refractivity contribution in [3.05, 3.63) is 38.5 Å². The summed E-state index contributed by atoms with van der Waals surface area (Å²) in [5, 5.41) is 10.0. The summed E-state index contributed by atoms with van der Waals surface area (Å²) in [6, 6.07) is 4.31. The number of aromatic nitrogens is 1. The van der Waals surface area contributed by atoms with Crippen LogP contribution in [-0.4, -0.2) is 30.6 Å². The average Bonchev–Trinajstić information content (AvgIpc) is 3.16. The second-order valence-electron chi connectivity index (χ2n) is 5.65. The van der Waals surface area contributed by atoms with E-state index in [4.69, 9.17) is 4.99 Å². The van der Waals surface area contributed by atoms with Crippen LogP contribution in [0.1, 0.15) is 28.6 Å². The number of aryl methyl sites for hydroxylation is 1. The summed E-state index contributed by atoms with van der Waals surface area (Å²) >= 11 is 3.59. The number of aliphatic imine (C=N–C) groups is 1. The minimum absolute atomic E-state index is 0. The van der Waals surface area contributed by atoms with Crippen LogP contribution in [0.15, 0.2) is 28.7 Å². The highest BCUT2D eigenvalue weighted by molar-refractivity contribution is 14.0. The Kier molecular flexibility index (Phi) is 10.5. The van der Waals surface area contributed by atoms with Gasteiger partial charge < -0.3 is 10.6 Å². The van der Waals surface area contributed by atoms with Gasteiger partial charge in [0.25, 0.3) is 0 Å². The van der Waals surface area contributed by atoms with Gasteiger partial charge in [-0.2, -0.15) is 0 Å². The zero-order chi connectivity index (χ0) is 16.5. The molecule has 2 rings (SSSR count). The minimum atomic E-state index is 0. The van der Waals surface area contributed by atoms with Crippen molar-refractivity contribution in [3.63, 3.8) is 0 Å². The van der Waals surface area contributed by atoms with Gasteiger partial charge in [0, 0.05) is 42.0 Å². The monoisotopic (exact) mass is 478 g/mol. The van der Waals surface area contributed by atoms with Crippen molar-refractivity contribution in [2.45, 2.75) is 33.6 Å². The maximum atomic E-state index is 4.71. The van der Waals surface area contributed by atoms with E-state index in [0.29, 0.717) is 5.92 Å². The molecule has 2 N–H and O–H groups in total. The second kappa shape index (κ2) is 11.8. The molecule has 134 valence electrons. The molecule has 0 aliphatic carbocycles. The lowest BCUT2D eigenvalue weighted by Gasteiger charge is -2.12. The number of nitrogens with one attached hydrogen (secondary N) is 2. The van der Waals surface area contributed by atoms with Crippen molar-refractivity contribution in [2.75, 3.05) is 19.6 Å². The van der Waals surface area contributed by atoms with Gasteiger partial charge in [-0.15, -0.1) is 46.7 Å². The second-order valence-corrected chi connectivity index (χ2v) is 8.00. The zero-order valence-electron chi connectivity index (χ0n) is 14.5. The van der Waals surface area contributed by atoms with Crippen molar-refractivity contribution in [1.29, 1.82) is 0 Å². The molecule has 0 aromatic carbocycles. The Labute approximate surface area is 170 Å². The number of nitrogens with zero attached hydrogens (tertiary/aromatic N) is 2. The smallest absolute Gasteiger partial charge is 0.191 e. The van der Waals surface area contributed by atoms with Gasteiger partial charge in [0.2, 0.25) is 0 Å². The van der Waals surface area contributed by atoms with E-state index in [-0.39, 0.29) is 24.0 Å². The van der Waals surface area contributed by atoms with E-state index in [1.807, 2.05) is 17.5 Å². The molecule has 2 aromatic rings. The lowest BCUT2D eigenvalue weighted by molar-refractivity contribution is 0.595. The van der Waals surface area contributed by atoms with Gasteiger partial charge in [0.05, 0.1) is 5.01 Å². The number of thiazole rings is 1. The van der Waals surface area contributed by atoms with Crippen molar-refractivity contribution in [1.82, 2.24) is 15.6 Å². The fraction of sp³-hybridized carbons (Fsp3) is 0.529. The third kappa shape index (κ3) is 7.94. The molecule has 0 fully saturated rings. The predicted molar refractivity (Wildman–Crippen MR) is 117 cm³/mol. The van der Waals surface area contributed by atoms with E-state index in [1.165, 1.54) is 14.8 Å². The Bertz CT molecular complexity index is 596. The van der Waals surface area contributed by atoms with Crippen molar-refractivity contribution < 1.29 is 0 Å². The maximum Gasteiger partial charge on any atom is 0.191 e. The SMILES string of the molecule is CCNC(=NCC(C)Cc1cccs1)NCCc1ncc(C)s1.I. The molecule has 2 aromatic heterocycles. The highest BCUT2D eigenvalue weighted by Gasteiger charge is 2.05. The Hall–Kier alpha value is -0.670. The fourth-order valence-electron chi connectivity index (χ4n) is 2.23. The number of thiophene rings is 1. The fourth-order valence-corrected chi connectivity index (χ4v) is 3.89. The largest absolute Gasteiger partial charge is 0.357 e. The molecule has 0 radical (unpaired) electrons. The number of rotatable bonds is 8. The third-order valence-electron chi connectivity index (χ3n) is 3.34. The van der Waals surface area contributed by atoms with Crippen LogP contribution in [0.2, 0.25) is 0 Å². The van der Waals surface area contributed by atoms with E-state index < -0.39 is 0 Å². The molecule has 0 saturated carbocycles. The Morgan fingerprint density at radius 2 is 2.21 bits per heavy atom. The normalized spacial score (nSPS) is 12.5. The van der Waals surface area contributed by atoms with E-state index >= 15 is 0 Å². The first kappa shape index (κ1) is 21.4. The highest BCUT2D eigenvalue weighted by atomic mass is 127. The van der Waals surface area contributed by atoms with Crippen molar-refractivity contribution in [3.8, 4) is 0 Å². The summed E-state index contributed by atoms with van der Waals surface area (Å²) in [5.41, 5.74) is 0. The van der Waals surface area contributed by atoms with Crippen LogP contribution in [0.25, 0.3) is 0 Å². The van der Waals surface area contributed by atoms with Gasteiger partial charge >= 0.3 is 0 Å². The van der Waals surface area contributed by atoms with E-state index in [2.05, 4.69) is 53.9 Å². The van der Waals surface area contributed by atoms with Crippen LogP contribution in [0.5, 0.6) is 0 Å². The molecule has 7 heteroatoms. The van der Waals surface area contributed by atoms with E-state index in [9.17, 15) is 0 Å². The zero-order valence-corrected chi connectivity index (χ0v) is 18.5. The summed E-state index contributed by atoms with van der Waals surface area (Å²) in [5.74, 6) is 1.45. The first-order valence-electron chi connectivity index (χ1n) is 8.13. The van der Waals surface area contributed by atoms with Crippen molar-refractivity contribution >= 4 is 52.6 Å². The molecule has 0 aliphatic rings. The molecule has 0 aliphatic heterocycles. The van der Waals surface area contributed by atoms with Crippen LogP contribution < -0.4 is 10.6 Å². The quantitative estimate of drug-likeness (QED) is 0.341. The summed E-state index contributed by atoms with van der Waals surface area (Å²) in [6.45, 7) is 9.01. The maximum absolute atomic E-state index is 4.71. The summed E-state index contributed by atoms with van der Waals surface area (Å²) in [6.07, 6.45) is 3.97. The van der Waals surface area contributed by atoms with Gasteiger partial charge in [-0.05, 0) is 37.6 Å². The topological polar surface area (TPSA) is 49.3 Å². The van der Waals surface area contributed by atoms with Crippen LogP contribution in [0, 0.1) is 12.8 Å². The van der Waals surface area contributed by atoms with Gasteiger partial charge in [0.1, 0.15) is 0 Å². The van der Waals surface area contributed by atoms with Gasteiger partial charge in [-0.1, -0.05) is 13.0 Å². The molecule has 0 spiro atoms. The van der Waals surface area contributed by atoms with Gasteiger partial charge in [-0.25, -0.2) is 4.98 Å². The summed E-state index contributed by atoms with van der Waals surface area (Å²) < 4.78 is 0. The standard InChI is InChI=1S/C17H26N4S2.HI/c1-4-18-17(19-8-7-16-20-12-14(3)23-16)21-11-13(2)10-15-6-5-9-22-15;/h5-6,9,12-13H,4,7-8,10-11H2,1-3H3,(H2,18,19,21);1H. The molecule has 0 saturated heterocycles. The molecular formula is C17H27IN4S2. The number of guanidine groups is 1. The first-order valence-corrected chi connectivity index (χ1v) is 9.83. The number of hydrogen-bond acceptors (Lipinski definition) is 4. The molecule has 0 amide bonds. The van der Waals surface area contributed by atoms with E-state index in [1.54, 1.807) is 11.3 Å². The molecule has 24 heavy (non-hydrogen) atoms. The Morgan fingerprint density at radius 1 is 1.38 bits per heavy atom. The Balaban J connectivity index is 0.00000288. The molecule has 1 atom stereocenters. The van der Waals surface area contributed by atoms with Crippen LogP contribution in [0.3, 0.4) is 0 Å². The predicted octanol–water partition coefficient (Wildman–Crippen LogP) is 4.11. The van der Waals surface area contributed by atoms with Gasteiger partial charge in [0.15, 0.2) is 5.96 Å². The third-order valence-corrected chi connectivity index (χ3v) is 5.21.